The van der Waals surface area contributed by atoms with Gasteiger partial charge in [0.2, 0.25) is 0 Å². The molecular formula is C27H27ClN2O5S. The molecule has 9 heteroatoms. The molecule has 0 bridgehead atoms. The molecule has 2 aliphatic rings. The van der Waals surface area contributed by atoms with Crippen molar-refractivity contribution in [2.24, 2.45) is 0 Å². The van der Waals surface area contributed by atoms with E-state index >= 15 is 0 Å². The Morgan fingerprint density at radius 1 is 1.14 bits per heavy atom. The molecule has 3 aromatic rings. The summed E-state index contributed by atoms with van der Waals surface area (Å²) in [6, 6.07) is 14.3. The average Bonchev–Trinajstić information content (AvgIpc) is 3.65. The SMILES string of the molecule is CCOC(=O)COc1ccc(Cl)cc1C1c2sc(C3CC3)nc2CCN1C(=O)OCc1ccccc1. The number of esters is 1. The normalized spacial score (nSPS) is 16.8. The van der Waals surface area contributed by atoms with Crippen LogP contribution in [0.25, 0.3) is 0 Å². The first-order valence-electron chi connectivity index (χ1n) is 12.1. The number of fused-ring (bicyclic) bond motifs is 1. The molecule has 0 radical (unpaired) electrons. The molecule has 1 amide bonds. The number of aromatic nitrogens is 1. The minimum Gasteiger partial charge on any atom is -0.482 e. The first kappa shape index (κ1) is 24.6. The molecule has 1 aliphatic carbocycles. The summed E-state index contributed by atoms with van der Waals surface area (Å²) in [5.41, 5.74) is 2.60. The summed E-state index contributed by atoms with van der Waals surface area (Å²) >= 11 is 8.06. The van der Waals surface area contributed by atoms with Gasteiger partial charge in [-0.25, -0.2) is 14.6 Å². The summed E-state index contributed by atoms with van der Waals surface area (Å²) in [7, 11) is 0. The van der Waals surface area contributed by atoms with Crippen LogP contribution in [-0.4, -0.2) is 41.7 Å². The Kier molecular flexibility index (Phi) is 7.43. The van der Waals surface area contributed by atoms with Gasteiger partial charge < -0.3 is 14.2 Å². The van der Waals surface area contributed by atoms with Crippen molar-refractivity contribution in [3.8, 4) is 5.75 Å². The van der Waals surface area contributed by atoms with Gasteiger partial charge in [-0.15, -0.1) is 11.3 Å². The summed E-state index contributed by atoms with van der Waals surface area (Å²) in [5, 5.41) is 1.62. The molecule has 1 aliphatic heterocycles. The van der Waals surface area contributed by atoms with Gasteiger partial charge in [0, 0.05) is 29.5 Å². The summed E-state index contributed by atoms with van der Waals surface area (Å²) in [4.78, 5) is 33.0. The number of nitrogens with zero attached hydrogens (tertiary/aromatic N) is 2. The third kappa shape index (κ3) is 5.50. The zero-order chi connectivity index (χ0) is 25.1. The van der Waals surface area contributed by atoms with Crippen molar-refractivity contribution in [3.05, 3.63) is 80.3 Å². The van der Waals surface area contributed by atoms with Crippen molar-refractivity contribution in [1.29, 1.82) is 0 Å². The number of halogens is 1. The predicted molar refractivity (Wildman–Crippen MR) is 137 cm³/mol. The monoisotopic (exact) mass is 526 g/mol. The lowest BCUT2D eigenvalue weighted by atomic mass is 9.97. The van der Waals surface area contributed by atoms with Crippen LogP contribution in [0, 0.1) is 0 Å². The molecule has 0 saturated heterocycles. The van der Waals surface area contributed by atoms with Gasteiger partial charge in [0.25, 0.3) is 0 Å². The summed E-state index contributed by atoms with van der Waals surface area (Å²) < 4.78 is 16.6. The number of rotatable bonds is 8. The molecule has 1 saturated carbocycles. The van der Waals surface area contributed by atoms with Crippen LogP contribution in [0.5, 0.6) is 5.75 Å². The first-order chi connectivity index (χ1) is 17.5. The topological polar surface area (TPSA) is 78.0 Å². The molecular weight excluding hydrogens is 500 g/mol. The van der Waals surface area contributed by atoms with Crippen LogP contribution >= 0.6 is 22.9 Å². The molecule has 7 nitrogen and oxygen atoms in total. The molecule has 1 fully saturated rings. The average molecular weight is 527 g/mol. The van der Waals surface area contributed by atoms with Crippen molar-refractivity contribution in [2.45, 2.75) is 44.8 Å². The van der Waals surface area contributed by atoms with Crippen LogP contribution in [0.1, 0.15) is 58.4 Å². The molecule has 1 atom stereocenters. The van der Waals surface area contributed by atoms with E-state index in [1.165, 1.54) is 0 Å². The maximum absolute atomic E-state index is 13.4. The zero-order valence-corrected chi connectivity index (χ0v) is 21.5. The van der Waals surface area contributed by atoms with Crippen LogP contribution in [0.15, 0.2) is 48.5 Å². The lowest BCUT2D eigenvalue weighted by Gasteiger charge is -2.35. The Morgan fingerprint density at radius 2 is 1.94 bits per heavy atom. The van der Waals surface area contributed by atoms with E-state index in [4.69, 9.17) is 30.8 Å². The highest BCUT2D eigenvalue weighted by Gasteiger charge is 2.39. The van der Waals surface area contributed by atoms with Crippen molar-refractivity contribution in [1.82, 2.24) is 9.88 Å². The fourth-order valence-electron chi connectivity index (χ4n) is 4.29. The van der Waals surface area contributed by atoms with E-state index in [0.717, 1.165) is 34.0 Å². The van der Waals surface area contributed by atoms with E-state index in [2.05, 4.69) is 0 Å². The second-order valence-corrected chi connectivity index (χ2v) is 10.3. The van der Waals surface area contributed by atoms with Crippen molar-refractivity contribution >= 4 is 35.0 Å². The van der Waals surface area contributed by atoms with E-state index in [1.807, 2.05) is 30.3 Å². The van der Waals surface area contributed by atoms with Crippen LogP contribution in [0.3, 0.4) is 0 Å². The lowest BCUT2D eigenvalue weighted by molar-refractivity contribution is -0.145. The number of amides is 1. The summed E-state index contributed by atoms with van der Waals surface area (Å²) in [5.74, 6) is 0.502. The Bertz CT molecular complexity index is 1240. The van der Waals surface area contributed by atoms with Gasteiger partial charge in [-0.3, -0.25) is 4.90 Å². The van der Waals surface area contributed by atoms with E-state index in [-0.39, 0.29) is 19.8 Å². The van der Waals surface area contributed by atoms with Gasteiger partial charge >= 0.3 is 12.1 Å². The first-order valence-corrected chi connectivity index (χ1v) is 13.3. The summed E-state index contributed by atoms with van der Waals surface area (Å²) in [6.45, 7) is 2.40. The van der Waals surface area contributed by atoms with Crippen molar-refractivity contribution in [2.75, 3.05) is 19.8 Å². The lowest BCUT2D eigenvalue weighted by Crippen LogP contribution is -2.40. The third-order valence-electron chi connectivity index (χ3n) is 6.18. The molecule has 0 spiro atoms. The van der Waals surface area contributed by atoms with Gasteiger partial charge in [-0.2, -0.15) is 0 Å². The molecule has 1 unspecified atom stereocenters. The fraction of sp³-hybridized carbons (Fsp3) is 0.370. The van der Waals surface area contributed by atoms with E-state index in [9.17, 15) is 9.59 Å². The third-order valence-corrected chi connectivity index (χ3v) is 7.72. The highest BCUT2D eigenvalue weighted by Crippen LogP contribution is 2.48. The number of hydrogen-bond donors (Lipinski definition) is 0. The number of benzene rings is 2. The fourth-order valence-corrected chi connectivity index (χ4v) is 5.88. The van der Waals surface area contributed by atoms with E-state index in [1.54, 1.807) is 41.4 Å². The van der Waals surface area contributed by atoms with Gasteiger partial charge in [0.1, 0.15) is 18.4 Å². The van der Waals surface area contributed by atoms with Crippen LogP contribution in [-0.2, 0) is 27.3 Å². The Morgan fingerprint density at radius 3 is 2.69 bits per heavy atom. The van der Waals surface area contributed by atoms with Gasteiger partial charge in [-0.05, 0) is 43.5 Å². The van der Waals surface area contributed by atoms with Crippen molar-refractivity contribution in [3.63, 3.8) is 0 Å². The van der Waals surface area contributed by atoms with Crippen LogP contribution < -0.4 is 4.74 Å². The second-order valence-electron chi connectivity index (χ2n) is 8.80. The quantitative estimate of drug-likeness (QED) is 0.340. The van der Waals surface area contributed by atoms with E-state index in [0.29, 0.717) is 35.2 Å². The molecule has 5 rings (SSSR count). The Balaban J connectivity index is 1.48. The van der Waals surface area contributed by atoms with E-state index < -0.39 is 18.1 Å². The minimum atomic E-state index is -0.488. The molecule has 188 valence electrons. The van der Waals surface area contributed by atoms with Crippen LogP contribution in [0.4, 0.5) is 4.79 Å². The maximum Gasteiger partial charge on any atom is 0.410 e. The molecule has 1 aromatic heterocycles. The molecule has 2 aromatic carbocycles. The smallest absolute Gasteiger partial charge is 0.410 e. The number of carbonyl (C=O) groups excluding carboxylic acids is 2. The predicted octanol–water partition coefficient (Wildman–Crippen LogP) is 5.90. The number of thiazole rings is 1. The molecule has 2 heterocycles. The Labute approximate surface area is 219 Å². The highest BCUT2D eigenvalue weighted by atomic mass is 35.5. The van der Waals surface area contributed by atoms with Gasteiger partial charge in [0.15, 0.2) is 6.61 Å². The maximum atomic E-state index is 13.4. The Hall–Kier alpha value is -3.10. The van der Waals surface area contributed by atoms with Crippen LogP contribution in [0.2, 0.25) is 5.02 Å². The number of hydrogen-bond acceptors (Lipinski definition) is 7. The zero-order valence-electron chi connectivity index (χ0n) is 19.9. The number of carbonyl (C=O) groups is 2. The second kappa shape index (κ2) is 10.9. The highest BCUT2D eigenvalue weighted by molar-refractivity contribution is 7.12. The van der Waals surface area contributed by atoms with Gasteiger partial charge in [0.05, 0.1) is 22.2 Å². The summed E-state index contributed by atoms with van der Waals surface area (Å²) in [6.07, 6.45) is 2.51. The minimum absolute atomic E-state index is 0.174. The standard InChI is InChI=1S/C27H27ClN2O5S/c1-2-33-23(31)16-34-22-11-10-19(28)14-20(22)24-25-21(29-26(36-25)18-8-9-18)12-13-30(24)27(32)35-15-17-6-4-3-5-7-17/h3-7,10-11,14,18,24H,2,8-9,12-13,15-16H2,1H3. The molecule has 36 heavy (non-hydrogen) atoms. The number of ether oxygens (including phenoxy) is 3. The largest absolute Gasteiger partial charge is 0.482 e. The van der Waals surface area contributed by atoms with Gasteiger partial charge in [-0.1, -0.05) is 41.9 Å². The molecule has 0 N–H and O–H groups in total. The van der Waals surface area contributed by atoms with Crippen molar-refractivity contribution < 1.29 is 23.8 Å².